The van der Waals surface area contributed by atoms with Gasteiger partial charge in [-0.05, 0) is 30.7 Å². The summed E-state index contributed by atoms with van der Waals surface area (Å²) >= 11 is 0. The van der Waals surface area contributed by atoms with E-state index in [-0.39, 0.29) is 5.91 Å². The maximum Gasteiger partial charge on any atom is 0.275 e. The maximum atomic E-state index is 12.3. The number of aryl methyl sites for hydroxylation is 2. The largest absolute Gasteiger partial charge is 0.450 e. The SMILES string of the molecule is Cc1cccc2c1oc1c(NC(=O)c3ccccn3)n(C)nc12. The molecule has 4 rings (SSSR count). The van der Waals surface area contributed by atoms with Crippen molar-refractivity contribution in [2.24, 2.45) is 7.05 Å². The molecule has 0 fully saturated rings. The molecule has 0 aliphatic heterocycles. The van der Waals surface area contributed by atoms with Crippen LogP contribution in [0.3, 0.4) is 0 Å². The van der Waals surface area contributed by atoms with Gasteiger partial charge in [0.15, 0.2) is 11.4 Å². The molecule has 3 heterocycles. The zero-order chi connectivity index (χ0) is 16.0. The molecule has 1 amide bonds. The molecule has 114 valence electrons. The van der Waals surface area contributed by atoms with Crippen LogP contribution in [0.15, 0.2) is 47.0 Å². The molecular formula is C17H14N4O2. The summed E-state index contributed by atoms with van der Waals surface area (Å²) in [6.07, 6.45) is 1.58. The number of carbonyl (C=O) groups is 1. The average molecular weight is 306 g/mol. The average Bonchev–Trinajstić information content (AvgIpc) is 3.06. The maximum absolute atomic E-state index is 12.3. The van der Waals surface area contributed by atoms with Gasteiger partial charge in [0.2, 0.25) is 0 Å². The highest BCUT2D eigenvalue weighted by Crippen LogP contribution is 2.34. The monoisotopic (exact) mass is 306 g/mol. The standard InChI is InChI=1S/C17H14N4O2/c1-10-6-5-7-11-13-15(23-14(10)11)16(21(2)20-13)19-17(22)12-8-3-4-9-18-12/h3-9H,1-2H3,(H,19,22). The fraction of sp³-hybridized carbons (Fsp3) is 0.118. The van der Waals surface area contributed by atoms with Gasteiger partial charge in [-0.1, -0.05) is 18.2 Å². The molecule has 0 aliphatic rings. The van der Waals surface area contributed by atoms with Gasteiger partial charge >= 0.3 is 0 Å². The summed E-state index contributed by atoms with van der Waals surface area (Å²) in [5.41, 5.74) is 3.47. The Morgan fingerprint density at radius 3 is 2.83 bits per heavy atom. The number of para-hydroxylation sites is 1. The molecule has 1 aromatic carbocycles. The van der Waals surface area contributed by atoms with E-state index in [9.17, 15) is 4.79 Å². The van der Waals surface area contributed by atoms with E-state index < -0.39 is 0 Å². The molecule has 0 aliphatic carbocycles. The van der Waals surface area contributed by atoms with Crippen molar-refractivity contribution in [3.05, 3.63) is 53.9 Å². The summed E-state index contributed by atoms with van der Waals surface area (Å²) in [5, 5.41) is 8.25. The number of rotatable bonds is 2. The van der Waals surface area contributed by atoms with Gasteiger partial charge in [-0.25, -0.2) is 4.68 Å². The van der Waals surface area contributed by atoms with E-state index in [1.165, 1.54) is 0 Å². The number of anilines is 1. The smallest absolute Gasteiger partial charge is 0.275 e. The highest BCUT2D eigenvalue weighted by Gasteiger charge is 2.20. The third-order valence-corrected chi connectivity index (χ3v) is 3.80. The first kappa shape index (κ1) is 13.5. The topological polar surface area (TPSA) is 73.0 Å². The number of aromatic nitrogens is 3. The molecule has 0 spiro atoms. The number of hydrogen-bond donors (Lipinski definition) is 1. The summed E-state index contributed by atoms with van der Waals surface area (Å²) in [5.74, 6) is 0.221. The van der Waals surface area contributed by atoms with E-state index in [1.807, 2.05) is 25.1 Å². The Hall–Kier alpha value is -3.15. The van der Waals surface area contributed by atoms with E-state index >= 15 is 0 Å². The minimum absolute atomic E-state index is 0.298. The number of carbonyl (C=O) groups excluding carboxylic acids is 1. The quantitative estimate of drug-likeness (QED) is 0.617. The summed E-state index contributed by atoms with van der Waals surface area (Å²) < 4.78 is 7.56. The molecule has 0 radical (unpaired) electrons. The molecular weight excluding hydrogens is 292 g/mol. The molecule has 0 bridgehead atoms. The fourth-order valence-electron chi connectivity index (χ4n) is 2.66. The van der Waals surface area contributed by atoms with Gasteiger partial charge in [-0.2, -0.15) is 5.10 Å². The van der Waals surface area contributed by atoms with Crippen LogP contribution in [0.2, 0.25) is 0 Å². The Balaban J connectivity index is 1.84. The summed E-state index contributed by atoms with van der Waals surface area (Å²) in [6, 6.07) is 11.1. The van der Waals surface area contributed by atoms with E-state index in [1.54, 1.807) is 36.1 Å². The van der Waals surface area contributed by atoms with Gasteiger partial charge in [0.1, 0.15) is 16.8 Å². The molecule has 3 aromatic heterocycles. The number of benzene rings is 1. The van der Waals surface area contributed by atoms with Crippen LogP contribution in [-0.2, 0) is 7.05 Å². The van der Waals surface area contributed by atoms with Crippen LogP contribution in [-0.4, -0.2) is 20.7 Å². The molecule has 0 saturated carbocycles. The lowest BCUT2D eigenvalue weighted by Crippen LogP contribution is -2.15. The lowest BCUT2D eigenvalue weighted by atomic mass is 10.2. The van der Waals surface area contributed by atoms with Crippen molar-refractivity contribution in [3.8, 4) is 0 Å². The Labute approximate surface area is 131 Å². The zero-order valence-electron chi connectivity index (χ0n) is 12.7. The van der Waals surface area contributed by atoms with E-state index in [2.05, 4.69) is 15.4 Å². The van der Waals surface area contributed by atoms with Gasteiger partial charge in [0, 0.05) is 18.6 Å². The summed E-state index contributed by atoms with van der Waals surface area (Å²) in [4.78, 5) is 16.4. The van der Waals surface area contributed by atoms with Gasteiger partial charge in [0.25, 0.3) is 5.91 Å². The van der Waals surface area contributed by atoms with Crippen molar-refractivity contribution in [3.63, 3.8) is 0 Å². The van der Waals surface area contributed by atoms with Crippen LogP contribution in [0.25, 0.3) is 22.1 Å². The number of fused-ring (bicyclic) bond motifs is 3. The predicted octanol–water partition coefficient (Wildman–Crippen LogP) is 3.28. The van der Waals surface area contributed by atoms with Crippen LogP contribution >= 0.6 is 0 Å². The number of amides is 1. The van der Waals surface area contributed by atoms with Crippen molar-refractivity contribution in [2.75, 3.05) is 5.32 Å². The van der Waals surface area contributed by atoms with Crippen molar-refractivity contribution < 1.29 is 9.21 Å². The van der Waals surface area contributed by atoms with Crippen LogP contribution in [0.5, 0.6) is 0 Å². The highest BCUT2D eigenvalue weighted by molar-refractivity contribution is 6.11. The van der Waals surface area contributed by atoms with Crippen molar-refractivity contribution in [1.82, 2.24) is 14.8 Å². The van der Waals surface area contributed by atoms with Crippen LogP contribution < -0.4 is 5.32 Å². The zero-order valence-corrected chi connectivity index (χ0v) is 12.7. The molecule has 0 saturated heterocycles. The molecule has 6 heteroatoms. The lowest BCUT2D eigenvalue weighted by molar-refractivity contribution is 0.102. The van der Waals surface area contributed by atoms with Crippen LogP contribution in [0, 0.1) is 6.92 Å². The van der Waals surface area contributed by atoms with Crippen molar-refractivity contribution in [2.45, 2.75) is 6.92 Å². The number of furan rings is 1. The highest BCUT2D eigenvalue weighted by atomic mass is 16.3. The number of pyridine rings is 1. The van der Waals surface area contributed by atoms with Crippen LogP contribution in [0.1, 0.15) is 16.1 Å². The lowest BCUT2D eigenvalue weighted by Gasteiger charge is -2.04. The predicted molar refractivity (Wildman–Crippen MR) is 87.4 cm³/mol. The summed E-state index contributed by atoms with van der Waals surface area (Å²) in [7, 11) is 1.77. The molecule has 0 unspecified atom stereocenters. The van der Waals surface area contributed by atoms with Gasteiger partial charge in [-0.15, -0.1) is 0 Å². The Morgan fingerprint density at radius 1 is 1.17 bits per heavy atom. The summed E-state index contributed by atoms with van der Waals surface area (Å²) in [6.45, 7) is 1.98. The fourth-order valence-corrected chi connectivity index (χ4v) is 2.66. The molecule has 0 atom stereocenters. The normalized spacial score (nSPS) is 11.2. The van der Waals surface area contributed by atoms with Crippen LogP contribution in [0.4, 0.5) is 5.82 Å². The molecule has 1 N–H and O–H groups in total. The van der Waals surface area contributed by atoms with Gasteiger partial charge in [-0.3, -0.25) is 9.78 Å². The third kappa shape index (κ3) is 2.07. The number of nitrogens with one attached hydrogen (secondary N) is 1. The number of nitrogens with zero attached hydrogens (tertiary/aromatic N) is 3. The second-order valence-corrected chi connectivity index (χ2v) is 5.37. The minimum atomic E-state index is -0.298. The van der Waals surface area contributed by atoms with E-state index in [0.717, 1.165) is 22.0 Å². The Morgan fingerprint density at radius 2 is 2.04 bits per heavy atom. The molecule has 6 nitrogen and oxygen atoms in total. The molecule has 4 aromatic rings. The minimum Gasteiger partial charge on any atom is -0.450 e. The van der Waals surface area contributed by atoms with E-state index in [0.29, 0.717) is 17.1 Å². The van der Waals surface area contributed by atoms with Gasteiger partial charge in [0.05, 0.1) is 0 Å². The second-order valence-electron chi connectivity index (χ2n) is 5.37. The molecule has 23 heavy (non-hydrogen) atoms. The van der Waals surface area contributed by atoms with Gasteiger partial charge < -0.3 is 9.73 Å². The first-order valence-corrected chi connectivity index (χ1v) is 7.22. The van der Waals surface area contributed by atoms with E-state index in [4.69, 9.17) is 4.42 Å². The van der Waals surface area contributed by atoms with Crippen molar-refractivity contribution >= 4 is 33.8 Å². The first-order chi connectivity index (χ1) is 11.1. The van der Waals surface area contributed by atoms with Crippen molar-refractivity contribution in [1.29, 1.82) is 0 Å². The second kappa shape index (κ2) is 4.95. The third-order valence-electron chi connectivity index (χ3n) is 3.80. The Bertz CT molecular complexity index is 1030. The number of hydrogen-bond acceptors (Lipinski definition) is 4. The Kier molecular flexibility index (Phi) is 2.90. The first-order valence-electron chi connectivity index (χ1n) is 7.22.